The fraction of sp³-hybridized carbons (Fsp3) is 0.200. The quantitative estimate of drug-likeness (QED) is 0.811. The molecule has 1 aromatic carbocycles. The molecule has 3 heteroatoms. The average Bonchev–Trinajstić information content (AvgIpc) is 2.04. The molecule has 0 aliphatic rings. The second kappa shape index (κ2) is 4.78. The summed E-state index contributed by atoms with van der Waals surface area (Å²) in [7, 11) is 0. The van der Waals surface area contributed by atoms with Crippen LogP contribution in [0, 0.1) is 11.3 Å². The van der Waals surface area contributed by atoms with Crippen LogP contribution in [-0.4, -0.2) is 5.78 Å². The van der Waals surface area contributed by atoms with Gasteiger partial charge in [0.2, 0.25) is 0 Å². The maximum absolute atomic E-state index is 11.1. The summed E-state index contributed by atoms with van der Waals surface area (Å²) in [6, 6.07) is 9.38. The lowest BCUT2D eigenvalue weighted by atomic mass is 10.1. The molecule has 0 aromatic heterocycles. The molecular formula is C10H8BrNO. The van der Waals surface area contributed by atoms with Gasteiger partial charge in [-0.25, -0.2) is 0 Å². The van der Waals surface area contributed by atoms with E-state index in [4.69, 9.17) is 5.26 Å². The Labute approximate surface area is 85.3 Å². The minimum Gasteiger partial charge on any atom is -0.298 e. The van der Waals surface area contributed by atoms with Gasteiger partial charge in [-0.3, -0.25) is 4.79 Å². The molecule has 0 spiro atoms. The van der Waals surface area contributed by atoms with E-state index in [1.54, 1.807) is 0 Å². The van der Waals surface area contributed by atoms with Gasteiger partial charge in [-0.1, -0.05) is 28.1 Å². The molecule has 0 atom stereocenters. The van der Waals surface area contributed by atoms with Crippen molar-refractivity contribution in [2.45, 2.75) is 12.8 Å². The Morgan fingerprint density at radius 2 is 2.31 bits per heavy atom. The molecule has 1 aromatic rings. The van der Waals surface area contributed by atoms with Gasteiger partial charge >= 0.3 is 0 Å². The van der Waals surface area contributed by atoms with Crippen LogP contribution in [0.2, 0.25) is 0 Å². The van der Waals surface area contributed by atoms with Crippen molar-refractivity contribution in [1.82, 2.24) is 0 Å². The van der Waals surface area contributed by atoms with Crippen LogP contribution in [0.4, 0.5) is 0 Å². The Kier molecular flexibility index (Phi) is 3.66. The molecule has 1 rings (SSSR count). The van der Waals surface area contributed by atoms with E-state index in [1.807, 2.05) is 30.3 Å². The smallest absolute Gasteiger partial charge is 0.151 e. The summed E-state index contributed by atoms with van der Waals surface area (Å²) in [6.45, 7) is 0. The molecule has 0 fully saturated rings. The molecule has 0 saturated carbocycles. The maximum atomic E-state index is 11.1. The summed E-state index contributed by atoms with van der Waals surface area (Å²) < 4.78 is 0.953. The van der Waals surface area contributed by atoms with Crippen LogP contribution in [0.5, 0.6) is 0 Å². The van der Waals surface area contributed by atoms with E-state index < -0.39 is 0 Å². The number of carbonyl (C=O) groups excluding carboxylic acids is 1. The first-order chi connectivity index (χ1) is 6.22. The van der Waals surface area contributed by atoms with Crippen LogP contribution in [0.15, 0.2) is 28.7 Å². The van der Waals surface area contributed by atoms with Crippen LogP contribution >= 0.6 is 15.9 Å². The van der Waals surface area contributed by atoms with E-state index in [-0.39, 0.29) is 12.2 Å². The highest BCUT2D eigenvalue weighted by atomic mass is 79.9. The number of benzene rings is 1. The van der Waals surface area contributed by atoms with Gasteiger partial charge in [0, 0.05) is 10.9 Å². The van der Waals surface area contributed by atoms with Crippen molar-refractivity contribution in [2.24, 2.45) is 0 Å². The van der Waals surface area contributed by atoms with Crippen LogP contribution < -0.4 is 0 Å². The molecule has 0 aliphatic carbocycles. The maximum Gasteiger partial charge on any atom is 0.151 e. The second-order valence-electron chi connectivity index (χ2n) is 2.68. The van der Waals surface area contributed by atoms with Crippen LogP contribution in [0.1, 0.15) is 12.0 Å². The summed E-state index contributed by atoms with van der Waals surface area (Å²) in [5.74, 6) is -0.0411. The molecule has 66 valence electrons. The van der Waals surface area contributed by atoms with Crippen molar-refractivity contribution >= 4 is 21.7 Å². The third-order valence-corrected chi connectivity index (χ3v) is 2.06. The lowest BCUT2D eigenvalue weighted by molar-refractivity contribution is -0.117. The van der Waals surface area contributed by atoms with Gasteiger partial charge < -0.3 is 0 Å². The number of ketones is 1. The topological polar surface area (TPSA) is 40.9 Å². The van der Waals surface area contributed by atoms with Gasteiger partial charge in [-0.15, -0.1) is 0 Å². The summed E-state index contributed by atoms with van der Waals surface area (Å²) in [5.41, 5.74) is 0.939. The Morgan fingerprint density at radius 3 is 2.92 bits per heavy atom. The highest BCUT2D eigenvalue weighted by Crippen LogP contribution is 2.12. The monoisotopic (exact) mass is 237 g/mol. The second-order valence-corrected chi connectivity index (χ2v) is 3.60. The zero-order chi connectivity index (χ0) is 9.68. The Bertz CT molecular complexity index is 354. The average molecular weight is 238 g/mol. The molecule has 0 amide bonds. The Balaban J connectivity index is 2.65. The first kappa shape index (κ1) is 9.94. The number of hydrogen-bond donors (Lipinski definition) is 0. The lowest BCUT2D eigenvalue weighted by Gasteiger charge is -1.98. The SMILES string of the molecule is N#CCC(=O)Cc1cccc(Br)c1. The largest absolute Gasteiger partial charge is 0.298 e. The van der Waals surface area contributed by atoms with E-state index in [2.05, 4.69) is 15.9 Å². The van der Waals surface area contributed by atoms with Gasteiger partial charge in [-0.05, 0) is 17.7 Å². The van der Waals surface area contributed by atoms with Crippen molar-refractivity contribution in [3.8, 4) is 6.07 Å². The third kappa shape index (κ3) is 3.39. The standard InChI is InChI=1S/C10H8BrNO/c11-9-3-1-2-8(6-9)7-10(13)4-5-12/h1-3,6H,4,7H2. The minimum absolute atomic E-state index is 0.00743. The number of carbonyl (C=O) groups is 1. The zero-order valence-corrected chi connectivity index (χ0v) is 8.54. The molecule has 0 unspecified atom stereocenters. The molecule has 0 heterocycles. The number of nitrogens with zero attached hydrogens (tertiary/aromatic N) is 1. The molecule has 0 saturated heterocycles. The van der Waals surface area contributed by atoms with Gasteiger partial charge in [0.1, 0.15) is 0 Å². The molecule has 0 radical (unpaired) electrons. The van der Waals surface area contributed by atoms with Crippen molar-refractivity contribution < 1.29 is 4.79 Å². The van der Waals surface area contributed by atoms with Gasteiger partial charge in [0.25, 0.3) is 0 Å². The number of nitriles is 1. The minimum atomic E-state index is -0.0411. The van der Waals surface area contributed by atoms with Crippen LogP contribution in [-0.2, 0) is 11.2 Å². The fourth-order valence-electron chi connectivity index (χ4n) is 1.03. The number of Topliss-reactive ketones (excluding diaryl/α,β-unsaturated/α-hetero) is 1. The predicted octanol–water partition coefficient (Wildman–Crippen LogP) is 2.47. The predicted molar refractivity (Wildman–Crippen MR) is 53.1 cm³/mol. The van der Waals surface area contributed by atoms with E-state index >= 15 is 0 Å². The van der Waals surface area contributed by atoms with Crippen molar-refractivity contribution in [1.29, 1.82) is 5.26 Å². The number of hydrogen-bond acceptors (Lipinski definition) is 2. The summed E-state index contributed by atoms with van der Waals surface area (Å²) in [4.78, 5) is 11.1. The third-order valence-electron chi connectivity index (χ3n) is 1.57. The van der Waals surface area contributed by atoms with Crippen molar-refractivity contribution in [3.05, 3.63) is 34.3 Å². The molecule has 2 nitrogen and oxygen atoms in total. The first-order valence-electron chi connectivity index (χ1n) is 3.85. The molecule has 0 aliphatic heterocycles. The van der Waals surface area contributed by atoms with E-state index in [0.717, 1.165) is 10.0 Å². The normalized spacial score (nSPS) is 9.23. The van der Waals surface area contributed by atoms with E-state index in [0.29, 0.717) is 6.42 Å². The molecule has 13 heavy (non-hydrogen) atoms. The van der Waals surface area contributed by atoms with E-state index in [9.17, 15) is 4.79 Å². The van der Waals surface area contributed by atoms with Gasteiger partial charge in [0.15, 0.2) is 5.78 Å². The summed E-state index contributed by atoms with van der Waals surface area (Å²) >= 11 is 3.31. The summed E-state index contributed by atoms with van der Waals surface area (Å²) in [5, 5.41) is 8.29. The summed E-state index contributed by atoms with van der Waals surface area (Å²) in [6.07, 6.45) is 0.333. The lowest BCUT2D eigenvalue weighted by Crippen LogP contribution is -2.00. The van der Waals surface area contributed by atoms with Crippen LogP contribution in [0.3, 0.4) is 0 Å². The fourth-order valence-corrected chi connectivity index (χ4v) is 1.47. The van der Waals surface area contributed by atoms with Gasteiger partial charge in [0.05, 0.1) is 12.5 Å². The van der Waals surface area contributed by atoms with Crippen LogP contribution in [0.25, 0.3) is 0 Å². The Morgan fingerprint density at radius 1 is 1.54 bits per heavy atom. The molecule has 0 N–H and O–H groups in total. The first-order valence-corrected chi connectivity index (χ1v) is 4.65. The Hall–Kier alpha value is -1.14. The van der Waals surface area contributed by atoms with E-state index in [1.165, 1.54) is 0 Å². The highest BCUT2D eigenvalue weighted by Gasteiger charge is 2.02. The molecular weight excluding hydrogens is 230 g/mol. The zero-order valence-electron chi connectivity index (χ0n) is 6.96. The highest BCUT2D eigenvalue weighted by molar-refractivity contribution is 9.10. The number of halogens is 1. The van der Waals surface area contributed by atoms with Crippen molar-refractivity contribution in [3.63, 3.8) is 0 Å². The molecule has 0 bridgehead atoms. The number of rotatable bonds is 3. The van der Waals surface area contributed by atoms with Gasteiger partial charge in [-0.2, -0.15) is 5.26 Å². The van der Waals surface area contributed by atoms with Crippen molar-refractivity contribution in [2.75, 3.05) is 0 Å².